The van der Waals surface area contributed by atoms with Gasteiger partial charge >= 0.3 is 0 Å². The van der Waals surface area contributed by atoms with Gasteiger partial charge in [0, 0.05) is 16.7 Å². The fourth-order valence-electron chi connectivity index (χ4n) is 7.86. The first-order valence-electron chi connectivity index (χ1n) is 19.5. The number of benzene rings is 6. The Hall–Kier alpha value is -6.69. The Kier molecular flexibility index (Phi) is 12.0. The van der Waals surface area contributed by atoms with E-state index in [1.54, 1.807) is 0 Å². The fourth-order valence-corrected chi connectivity index (χ4v) is 7.86. The predicted octanol–water partition coefficient (Wildman–Crippen LogP) is 13.6. The molecule has 1 heterocycles. The number of pyridine rings is 1. The van der Waals surface area contributed by atoms with Gasteiger partial charge in [0.1, 0.15) is 0 Å². The van der Waals surface area contributed by atoms with Gasteiger partial charge in [-0.2, -0.15) is 13.5 Å². The lowest BCUT2D eigenvalue weighted by Crippen LogP contribution is -2.03. The van der Waals surface area contributed by atoms with Crippen LogP contribution in [0.2, 0.25) is 0 Å². The van der Waals surface area contributed by atoms with Crippen molar-refractivity contribution in [2.24, 2.45) is 9.98 Å². The number of aliphatic imine (C=N–C) groups is 2. The molecule has 0 amide bonds. The van der Waals surface area contributed by atoms with E-state index >= 15 is 0 Å². The van der Waals surface area contributed by atoms with Crippen molar-refractivity contribution in [3.05, 3.63) is 203 Å². The van der Waals surface area contributed by atoms with Crippen LogP contribution in [-0.4, -0.2) is 23.4 Å². The molecular formula is C53H46N4S. The number of amidine groups is 2. The van der Waals surface area contributed by atoms with Gasteiger partial charge < -0.3 is 0 Å². The topological polar surface area (TPSA) is 61.5 Å². The zero-order valence-corrected chi connectivity index (χ0v) is 34.1. The Morgan fingerprint density at radius 1 is 0.690 bits per heavy atom. The largest absolute Gasteiger partial charge is 0.282 e. The van der Waals surface area contributed by atoms with Crippen molar-refractivity contribution in [2.75, 3.05) is 0 Å². The lowest BCUT2D eigenvalue weighted by Gasteiger charge is -2.13. The second-order valence-electron chi connectivity index (χ2n) is 14.4. The molecule has 0 fully saturated rings. The van der Waals surface area contributed by atoms with Gasteiger partial charge in [0.15, 0.2) is 11.7 Å². The molecule has 0 aliphatic heterocycles. The summed E-state index contributed by atoms with van der Waals surface area (Å²) in [5, 5.41) is 10.6. The molecule has 0 radical (unpaired) electrons. The van der Waals surface area contributed by atoms with Gasteiger partial charge in [-0.25, -0.2) is 15.0 Å². The van der Waals surface area contributed by atoms with Gasteiger partial charge in [-0.1, -0.05) is 146 Å². The number of nitrogens with one attached hydrogen (secondary N) is 1. The molecule has 5 heteroatoms. The number of hydrogen-bond donors (Lipinski definition) is 1. The van der Waals surface area contributed by atoms with Crippen LogP contribution in [0.15, 0.2) is 174 Å². The van der Waals surface area contributed by atoms with E-state index in [4.69, 9.17) is 10.4 Å². The summed E-state index contributed by atoms with van der Waals surface area (Å²) in [5.41, 5.74) is 17.9. The first-order valence-corrected chi connectivity index (χ1v) is 19.5. The van der Waals surface area contributed by atoms with Crippen molar-refractivity contribution in [1.29, 1.82) is 5.41 Å². The van der Waals surface area contributed by atoms with E-state index in [0.29, 0.717) is 5.84 Å². The van der Waals surface area contributed by atoms with Gasteiger partial charge in [0.2, 0.25) is 0 Å². The van der Waals surface area contributed by atoms with Crippen LogP contribution in [0.25, 0.3) is 61.5 Å². The smallest absolute Gasteiger partial charge is 0.161 e. The van der Waals surface area contributed by atoms with Crippen molar-refractivity contribution in [3.8, 4) is 33.5 Å². The van der Waals surface area contributed by atoms with Crippen LogP contribution in [0.5, 0.6) is 0 Å². The van der Waals surface area contributed by atoms with E-state index in [-0.39, 0.29) is 19.3 Å². The highest BCUT2D eigenvalue weighted by Crippen LogP contribution is 2.45. The van der Waals surface area contributed by atoms with E-state index < -0.39 is 0 Å². The van der Waals surface area contributed by atoms with Crippen molar-refractivity contribution in [2.45, 2.75) is 33.6 Å². The zero-order chi connectivity index (χ0) is 39.3. The molecule has 4 nitrogen and oxygen atoms in total. The van der Waals surface area contributed by atoms with E-state index in [0.717, 1.165) is 35.4 Å². The Labute approximate surface area is 348 Å². The molecule has 7 aromatic rings. The SMILES string of the molecule is C/C=C\C1=C(C)c2cccc3c(-c4ccc(-c5cc(C)cc(-c6ccc7c(n6)C=CCC7)c5)cc4)ccc1c23.C=NC(=NC(=N)c1ccccc1)c1ccccc1.S. The number of aryl methyl sites for hydroxylation is 2. The second-order valence-corrected chi connectivity index (χ2v) is 14.4. The van der Waals surface area contributed by atoms with Gasteiger partial charge in [-0.3, -0.25) is 5.41 Å². The standard InChI is InChI=1S/C38H31N.C15H13N3.H2S/c1-4-8-31-25(3)32-10-7-11-34-33(18-19-35(31)38(32)34)27-15-13-26(14-16-27)29-21-24(2)22-30(23-29)37-20-17-28-9-5-6-12-36(28)39-37;1-17-15(13-10-6-3-7-11-13)18-14(16)12-8-4-2-5-9-12;/h4,6-8,10-23H,5,9H2,1-3H3;2-11,16H,1H2;1H2/b8-4-;;. The molecule has 1 aromatic heterocycles. The maximum Gasteiger partial charge on any atom is 0.161 e. The highest BCUT2D eigenvalue weighted by Gasteiger charge is 2.21. The summed E-state index contributed by atoms with van der Waals surface area (Å²) in [6, 6.07) is 50.5. The number of hydrogen-bond acceptors (Lipinski definition) is 2. The van der Waals surface area contributed by atoms with Gasteiger partial charge in [0.05, 0.1) is 11.4 Å². The van der Waals surface area contributed by atoms with Crippen molar-refractivity contribution < 1.29 is 0 Å². The molecule has 0 spiro atoms. The highest BCUT2D eigenvalue weighted by atomic mass is 32.1. The molecule has 0 unspecified atom stereocenters. The summed E-state index contributed by atoms with van der Waals surface area (Å²) in [4.78, 5) is 13.1. The predicted molar refractivity (Wildman–Crippen MR) is 254 cm³/mol. The Balaban J connectivity index is 0.000000227. The molecule has 0 atom stereocenters. The average Bonchev–Trinajstić information content (AvgIpc) is 3.54. The summed E-state index contributed by atoms with van der Waals surface area (Å²) in [5.74, 6) is 0.645. The van der Waals surface area contributed by atoms with Crippen LogP contribution in [0, 0.1) is 12.3 Å². The normalized spacial score (nSPS) is 12.8. The monoisotopic (exact) mass is 770 g/mol. The Bertz CT molecular complexity index is 2780. The first kappa shape index (κ1) is 39.5. The van der Waals surface area contributed by atoms with Gasteiger partial charge in [-0.15, -0.1) is 0 Å². The summed E-state index contributed by atoms with van der Waals surface area (Å²) < 4.78 is 0. The molecule has 58 heavy (non-hydrogen) atoms. The number of nitrogens with zero attached hydrogens (tertiary/aromatic N) is 3. The van der Waals surface area contributed by atoms with Crippen molar-refractivity contribution >= 4 is 59.9 Å². The number of fused-ring (bicyclic) bond motifs is 1. The van der Waals surface area contributed by atoms with E-state index in [1.807, 2.05) is 60.7 Å². The number of aromatic nitrogens is 1. The minimum atomic E-state index is 0. The maximum absolute atomic E-state index is 7.94. The third-order valence-electron chi connectivity index (χ3n) is 10.7. The van der Waals surface area contributed by atoms with E-state index in [2.05, 4.69) is 147 Å². The molecule has 0 bridgehead atoms. The Morgan fingerprint density at radius 3 is 2.10 bits per heavy atom. The molecule has 1 N–H and O–H groups in total. The van der Waals surface area contributed by atoms with E-state index in [9.17, 15) is 0 Å². The minimum absolute atomic E-state index is 0. The quantitative estimate of drug-likeness (QED) is 0.133. The molecular weight excluding hydrogens is 725 g/mol. The lowest BCUT2D eigenvalue weighted by atomic mass is 9.92. The van der Waals surface area contributed by atoms with Crippen molar-refractivity contribution in [3.63, 3.8) is 0 Å². The fraction of sp³-hybridized carbons (Fsp3) is 0.0943. The maximum atomic E-state index is 7.94. The van der Waals surface area contributed by atoms with Gasteiger partial charge in [0.25, 0.3) is 0 Å². The van der Waals surface area contributed by atoms with Crippen LogP contribution in [0.4, 0.5) is 0 Å². The van der Waals surface area contributed by atoms with Crippen LogP contribution in [0.3, 0.4) is 0 Å². The summed E-state index contributed by atoms with van der Waals surface area (Å²) in [6.07, 6.45) is 11.0. The van der Waals surface area contributed by atoms with Gasteiger partial charge in [-0.05, 0) is 131 Å². The van der Waals surface area contributed by atoms with Crippen molar-refractivity contribution in [1.82, 2.24) is 4.98 Å². The lowest BCUT2D eigenvalue weighted by molar-refractivity contribution is 0.965. The molecule has 9 rings (SSSR count). The van der Waals surface area contributed by atoms with Crippen LogP contribution < -0.4 is 0 Å². The third-order valence-corrected chi connectivity index (χ3v) is 10.7. The molecule has 2 aliphatic carbocycles. The van der Waals surface area contributed by atoms with Crippen LogP contribution in [-0.2, 0) is 6.42 Å². The van der Waals surface area contributed by atoms with E-state index in [1.165, 1.54) is 72.0 Å². The second kappa shape index (κ2) is 17.6. The number of rotatable bonds is 6. The summed E-state index contributed by atoms with van der Waals surface area (Å²) in [7, 11) is 0. The molecule has 284 valence electrons. The highest BCUT2D eigenvalue weighted by molar-refractivity contribution is 7.59. The number of allylic oxidation sites excluding steroid dienone is 5. The van der Waals surface area contributed by atoms with Crippen LogP contribution >= 0.6 is 13.5 Å². The Morgan fingerprint density at radius 2 is 1.38 bits per heavy atom. The third kappa shape index (κ3) is 8.08. The molecule has 6 aromatic carbocycles. The molecule has 0 saturated carbocycles. The van der Waals surface area contributed by atoms with Crippen LogP contribution in [0.1, 0.15) is 59.3 Å². The molecule has 2 aliphatic rings. The molecule has 0 saturated heterocycles. The minimum Gasteiger partial charge on any atom is -0.282 e. The first-order chi connectivity index (χ1) is 27.9. The summed E-state index contributed by atoms with van der Waals surface area (Å²) >= 11 is 0. The zero-order valence-electron chi connectivity index (χ0n) is 33.1. The average molecular weight is 771 g/mol. The summed E-state index contributed by atoms with van der Waals surface area (Å²) in [6.45, 7) is 10.0.